The summed E-state index contributed by atoms with van der Waals surface area (Å²) < 4.78 is 31.5. The number of amides is 1. The van der Waals surface area contributed by atoms with Crippen LogP contribution in [0, 0.1) is 0 Å². The molecule has 0 aliphatic heterocycles. The number of benzene rings is 2. The highest BCUT2D eigenvalue weighted by Gasteiger charge is 2.15. The van der Waals surface area contributed by atoms with E-state index in [1.54, 1.807) is 12.3 Å². The Hall–Kier alpha value is -2.75. The number of aromatic nitrogens is 2. The fraction of sp³-hybridized carbons (Fsp3) is 0.176. The van der Waals surface area contributed by atoms with Crippen LogP contribution in [0.1, 0.15) is 10.4 Å². The number of H-pyrrole nitrogens is 1. The molecule has 136 valence electrons. The minimum Gasteiger partial charge on any atom is -0.383 e. The van der Waals surface area contributed by atoms with Crippen LogP contribution in [0.25, 0.3) is 10.9 Å². The van der Waals surface area contributed by atoms with E-state index >= 15 is 0 Å². The molecule has 0 aliphatic rings. The molecule has 0 saturated carbocycles. The molecule has 8 nitrogen and oxygen atoms in total. The van der Waals surface area contributed by atoms with E-state index in [0.29, 0.717) is 11.3 Å². The second-order valence-corrected chi connectivity index (χ2v) is 7.28. The van der Waals surface area contributed by atoms with Gasteiger partial charge in [-0.2, -0.15) is 5.10 Å². The second kappa shape index (κ2) is 7.65. The van der Waals surface area contributed by atoms with Crippen LogP contribution < -0.4 is 10.0 Å². The first-order chi connectivity index (χ1) is 12.5. The van der Waals surface area contributed by atoms with Gasteiger partial charge in [-0.05, 0) is 30.3 Å². The van der Waals surface area contributed by atoms with Gasteiger partial charge in [-0.1, -0.05) is 12.1 Å². The lowest BCUT2D eigenvalue weighted by Crippen LogP contribution is -2.27. The summed E-state index contributed by atoms with van der Waals surface area (Å²) in [4.78, 5) is 12.5. The predicted octanol–water partition coefficient (Wildman–Crippen LogP) is 1.74. The van der Waals surface area contributed by atoms with Crippen LogP contribution in [0.2, 0.25) is 0 Å². The lowest BCUT2D eigenvalue weighted by molar-refractivity contribution is 0.102. The minimum absolute atomic E-state index is 0.0841. The van der Waals surface area contributed by atoms with Crippen molar-refractivity contribution >= 4 is 32.5 Å². The Labute approximate surface area is 150 Å². The Bertz CT molecular complexity index is 1010. The molecule has 3 aromatic rings. The van der Waals surface area contributed by atoms with Crippen molar-refractivity contribution in [3.63, 3.8) is 0 Å². The predicted molar refractivity (Wildman–Crippen MR) is 97.6 cm³/mol. The topological polar surface area (TPSA) is 113 Å². The number of methoxy groups -OCH3 is 1. The summed E-state index contributed by atoms with van der Waals surface area (Å²) in [6.45, 7) is 0.453. The first kappa shape index (κ1) is 18.1. The van der Waals surface area contributed by atoms with Gasteiger partial charge in [0.2, 0.25) is 10.0 Å². The van der Waals surface area contributed by atoms with Crippen molar-refractivity contribution in [2.24, 2.45) is 0 Å². The molecule has 9 heteroatoms. The third kappa shape index (κ3) is 3.90. The normalized spacial score (nSPS) is 11.6. The van der Waals surface area contributed by atoms with E-state index < -0.39 is 10.0 Å². The number of aromatic amines is 1. The number of rotatable bonds is 7. The summed E-state index contributed by atoms with van der Waals surface area (Å²) >= 11 is 0. The maximum Gasteiger partial charge on any atom is 0.255 e. The molecular formula is C17H18N4O4S. The molecule has 3 rings (SSSR count). The Morgan fingerprint density at radius 2 is 1.96 bits per heavy atom. The molecule has 0 radical (unpaired) electrons. The number of carbonyl (C=O) groups excluding carboxylic acids is 1. The molecule has 0 spiro atoms. The van der Waals surface area contributed by atoms with Gasteiger partial charge in [0, 0.05) is 24.6 Å². The molecule has 0 unspecified atom stereocenters. The van der Waals surface area contributed by atoms with Gasteiger partial charge in [0.05, 0.1) is 28.9 Å². The van der Waals surface area contributed by atoms with Gasteiger partial charge in [0.1, 0.15) is 0 Å². The molecule has 1 amide bonds. The second-order valence-electron chi connectivity index (χ2n) is 5.51. The zero-order chi connectivity index (χ0) is 18.6. The van der Waals surface area contributed by atoms with E-state index in [2.05, 4.69) is 20.2 Å². The van der Waals surface area contributed by atoms with E-state index in [1.165, 1.54) is 31.4 Å². The number of anilines is 1. The Balaban J connectivity index is 1.74. The summed E-state index contributed by atoms with van der Waals surface area (Å²) in [5.41, 5.74) is 1.67. The van der Waals surface area contributed by atoms with Crippen LogP contribution in [0.15, 0.2) is 53.6 Å². The van der Waals surface area contributed by atoms with E-state index in [-0.39, 0.29) is 24.0 Å². The molecule has 0 aliphatic carbocycles. The van der Waals surface area contributed by atoms with Crippen molar-refractivity contribution in [1.82, 2.24) is 14.9 Å². The molecule has 0 atom stereocenters. The molecule has 3 N–H and O–H groups in total. The number of nitrogens with one attached hydrogen (secondary N) is 3. The average molecular weight is 374 g/mol. The summed E-state index contributed by atoms with van der Waals surface area (Å²) in [7, 11) is -2.14. The van der Waals surface area contributed by atoms with Crippen LogP contribution in [-0.4, -0.2) is 44.8 Å². The molecular weight excluding hydrogens is 356 g/mol. The van der Waals surface area contributed by atoms with Gasteiger partial charge in [0.25, 0.3) is 5.91 Å². The van der Waals surface area contributed by atoms with Crippen molar-refractivity contribution in [2.45, 2.75) is 4.90 Å². The molecule has 1 heterocycles. The van der Waals surface area contributed by atoms with Gasteiger partial charge in [-0.15, -0.1) is 0 Å². The number of para-hydroxylation sites is 1. The fourth-order valence-corrected chi connectivity index (χ4v) is 3.43. The van der Waals surface area contributed by atoms with Crippen LogP contribution in [0.4, 0.5) is 5.69 Å². The number of sulfonamides is 1. The van der Waals surface area contributed by atoms with E-state index in [4.69, 9.17) is 4.74 Å². The number of hydrogen-bond donors (Lipinski definition) is 3. The maximum atomic E-state index is 12.4. The van der Waals surface area contributed by atoms with Gasteiger partial charge in [-0.3, -0.25) is 9.89 Å². The molecule has 0 bridgehead atoms. The molecule has 2 aromatic carbocycles. The van der Waals surface area contributed by atoms with Crippen LogP contribution >= 0.6 is 0 Å². The smallest absolute Gasteiger partial charge is 0.255 e. The number of nitrogens with zero attached hydrogens (tertiary/aromatic N) is 1. The minimum atomic E-state index is -3.63. The fourth-order valence-electron chi connectivity index (χ4n) is 2.41. The maximum absolute atomic E-state index is 12.4. The quantitative estimate of drug-likeness (QED) is 0.545. The zero-order valence-electron chi connectivity index (χ0n) is 14.0. The lowest BCUT2D eigenvalue weighted by Gasteiger charge is -2.08. The third-order valence-electron chi connectivity index (χ3n) is 3.75. The van der Waals surface area contributed by atoms with Crippen molar-refractivity contribution in [3.8, 4) is 0 Å². The monoisotopic (exact) mass is 374 g/mol. The summed E-state index contributed by atoms with van der Waals surface area (Å²) in [6.07, 6.45) is 1.67. The number of carbonyl (C=O) groups is 1. The largest absolute Gasteiger partial charge is 0.383 e. The zero-order valence-corrected chi connectivity index (χ0v) is 14.8. The Kier molecular flexibility index (Phi) is 5.31. The van der Waals surface area contributed by atoms with E-state index in [1.807, 2.05) is 12.1 Å². The van der Waals surface area contributed by atoms with Crippen molar-refractivity contribution in [2.75, 3.05) is 25.6 Å². The average Bonchev–Trinajstić information content (AvgIpc) is 3.12. The standard InChI is InChI=1S/C17H18N4O4S/c1-25-10-9-19-26(23,24)14-7-5-12(6-8-14)17(22)20-15-4-2-3-13-11-18-21-16(13)15/h2-8,11,19H,9-10H2,1H3,(H,18,21)(H,20,22). The molecule has 26 heavy (non-hydrogen) atoms. The van der Waals surface area contributed by atoms with Crippen LogP contribution in [0.3, 0.4) is 0 Å². The summed E-state index contributed by atoms with van der Waals surface area (Å²) in [5.74, 6) is -0.344. The summed E-state index contributed by atoms with van der Waals surface area (Å²) in [5, 5.41) is 10.5. The van der Waals surface area contributed by atoms with Crippen molar-refractivity contribution in [1.29, 1.82) is 0 Å². The van der Waals surface area contributed by atoms with E-state index in [0.717, 1.165) is 10.9 Å². The lowest BCUT2D eigenvalue weighted by atomic mass is 10.2. The Morgan fingerprint density at radius 1 is 1.19 bits per heavy atom. The molecule has 1 aromatic heterocycles. The van der Waals surface area contributed by atoms with E-state index in [9.17, 15) is 13.2 Å². The highest BCUT2D eigenvalue weighted by molar-refractivity contribution is 7.89. The van der Waals surface area contributed by atoms with Gasteiger partial charge in [0.15, 0.2) is 0 Å². The summed E-state index contributed by atoms with van der Waals surface area (Å²) in [6, 6.07) is 11.2. The SMILES string of the molecule is COCCNS(=O)(=O)c1ccc(C(=O)Nc2cccc3cn[nH]c23)cc1. The number of hydrogen-bond acceptors (Lipinski definition) is 5. The first-order valence-corrected chi connectivity index (χ1v) is 9.32. The van der Waals surface area contributed by atoms with Crippen LogP contribution in [-0.2, 0) is 14.8 Å². The van der Waals surface area contributed by atoms with Gasteiger partial charge in [-0.25, -0.2) is 13.1 Å². The van der Waals surface area contributed by atoms with Gasteiger partial charge < -0.3 is 10.1 Å². The highest BCUT2D eigenvalue weighted by Crippen LogP contribution is 2.21. The van der Waals surface area contributed by atoms with Crippen LogP contribution in [0.5, 0.6) is 0 Å². The first-order valence-electron chi connectivity index (χ1n) is 7.83. The van der Waals surface area contributed by atoms with Crippen molar-refractivity contribution < 1.29 is 17.9 Å². The third-order valence-corrected chi connectivity index (χ3v) is 5.23. The van der Waals surface area contributed by atoms with Crippen molar-refractivity contribution in [3.05, 3.63) is 54.2 Å². The number of fused-ring (bicyclic) bond motifs is 1. The highest BCUT2D eigenvalue weighted by atomic mass is 32.2. The number of ether oxygens (including phenoxy) is 1. The Morgan fingerprint density at radius 3 is 2.69 bits per heavy atom. The molecule has 0 saturated heterocycles. The van der Waals surface area contributed by atoms with Gasteiger partial charge >= 0.3 is 0 Å². The molecule has 0 fully saturated rings.